The third kappa shape index (κ3) is 1.42. The van der Waals surface area contributed by atoms with E-state index in [0.29, 0.717) is 18.4 Å². The molecule has 2 nitrogen and oxygen atoms in total. The van der Waals surface area contributed by atoms with Gasteiger partial charge in [-0.1, -0.05) is 12.1 Å². The minimum atomic E-state index is -0.520. The molecule has 0 unspecified atom stereocenters. The predicted octanol–water partition coefficient (Wildman–Crippen LogP) is 1.44. The Morgan fingerprint density at radius 1 is 1.50 bits per heavy atom. The summed E-state index contributed by atoms with van der Waals surface area (Å²) in [4.78, 5) is 0. The summed E-state index contributed by atoms with van der Waals surface area (Å²) >= 11 is 0. The molecule has 1 aromatic rings. The van der Waals surface area contributed by atoms with E-state index in [9.17, 15) is 9.50 Å². The van der Waals surface area contributed by atoms with Crippen LogP contribution in [0.5, 0.6) is 0 Å². The van der Waals surface area contributed by atoms with E-state index in [4.69, 9.17) is 5.73 Å². The van der Waals surface area contributed by atoms with Gasteiger partial charge in [0.2, 0.25) is 0 Å². The SMILES string of the molecule is Cc1ccc(C2(N)CC(O)C2)cc1F. The van der Waals surface area contributed by atoms with Gasteiger partial charge in [0.1, 0.15) is 5.82 Å². The minimum absolute atomic E-state index is 0.228. The molecule has 2 rings (SSSR count). The molecule has 0 spiro atoms. The van der Waals surface area contributed by atoms with E-state index in [1.165, 1.54) is 6.07 Å². The molecule has 14 heavy (non-hydrogen) atoms. The summed E-state index contributed by atoms with van der Waals surface area (Å²) in [5.41, 5.74) is 6.89. The molecule has 3 heteroatoms. The number of aliphatic hydroxyl groups is 1. The van der Waals surface area contributed by atoms with Crippen LogP contribution in [0.4, 0.5) is 4.39 Å². The van der Waals surface area contributed by atoms with Gasteiger partial charge >= 0.3 is 0 Å². The molecular weight excluding hydrogens is 181 g/mol. The summed E-state index contributed by atoms with van der Waals surface area (Å²) in [5, 5.41) is 9.20. The highest BCUT2D eigenvalue weighted by molar-refractivity contribution is 5.31. The van der Waals surface area contributed by atoms with Gasteiger partial charge in [-0.2, -0.15) is 0 Å². The van der Waals surface area contributed by atoms with Crippen molar-refractivity contribution in [1.82, 2.24) is 0 Å². The molecule has 3 N–H and O–H groups in total. The first-order chi connectivity index (χ1) is 6.51. The maximum absolute atomic E-state index is 13.2. The maximum Gasteiger partial charge on any atom is 0.126 e. The fourth-order valence-corrected chi connectivity index (χ4v) is 1.92. The molecule has 76 valence electrons. The van der Waals surface area contributed by atoms with Crippen LogP contribution in [0.1, 0.15) is 24.0 Å². The van der Waals surface area contributed by atoms with Crippen molar-refractivity contribution in [1.29, 1.82) is 0 Å². The van der Waals surface area contributed by atoms with E-state index in [2.05, 4.69) is 0 Å². The number of nitrogens with two attached hydrogens (primary N) is 1. The van der Waals surface area contributed by atoms with Crippen molar-refractivity contribution in [3.05, 3.63) is 35.1 Å². The van der Waals surface area contributed by atoms with E-state index >= 15 is 0 Å². The van der Waals surface area contributed by atoms with E-state index in [1.807, 2.05) is 6.07 Å². The molecule has 0 saturated heterocycles. The number of rotatable bonds is 1. The third-order valence-corrected chi connectivity index (χ3v) is 2.95. The lowest BCUT2D eigenvalue weighted by Gasteiger charge is -2.42. The zero-order chi connectivity index (χ0) is 10.3. The Labute approximate surface area is 82.5 Å². The summed E-state index contributed by atoms with van der Waals surface area (Å²) in [6, 6.07) is 5.04. The quantitative estimate of drug-likeness (QED) is 0.712. The van der Waals surface area contributed by atoms with E-state index in [0.717, 1.165) is 5.56 Å². The Morgan fingerprint density at radius 2 is 2.14 bits per heavy atom. The van der Waals surface area contributed by atoms with Crippen LogP contribution in [0.3, 0.4) is 0 Å². The first-order valence-electron chi connectivity index (χ1n) is 4.75. The molecule has 0 heterocycles. The molecule has 0 aliphatic heterocycles. The van der Waals surface area contributed by atoms with Gasteiger partial charge in [-0.25, -0.2) is 4.39 Å². The zero-order valence-electron chi connectivity index (χ0n) is 8.13. The van der Waals surface area contributed by atoms with Crippen LogP contribution >= 0.6 is 0 Å². The predicted molar refractivity (Wildman–Crippen MR) is 52.2 cm³/mol. The van der Waals surface area contributed by atoms with Crippen molar-refractivity contribution in [2.24, 2.45) is 5.73 Å². The Bertz CT molecular complexity index is 358. The van der Waals surface area contributed by atoms with Crippen LogP contribution in [0.15, 0.2) is 18.2 Å². The van der Waals surface area contributed by atoms with Crippen LogP contribution in [0, 0.1) is 12.7 Å². The summed E-state index contributed by atoms with van der Waals surface area (Å²) in [7, 11) is 0. The Morgan fingerprint density at radius 3 is 2.64 bits per heavy atom. The van der Waals surface area contributed by atoms with Gasteiger partial charge in [0.15, 0.2) is 0 Å². The third-order valence-electron chi connectivity index (χ3n) is 2.95. The fraction of sp³-hybridized carbons (Fsp3) is 0.455. The fourth-order valence-electron chi connectivity index (χ4n) is 1.92. The van der Waals surface area contributed by atoms with Crippen LogP contribution in [-0.2, 0) is 5.54 Å². The highest BCUT2D eigenvalue weighted by Crippen LogP contribution is 2.39. The largest absolute Gasteiger partial charge is 0.393 e. The summed E-state index contributed by atoms with van der Waals surface area (Å²) in [6.45, 7) is 1.72. The Kier molecular flexibility index (Phi) is 2.09. The first-order valence-corrected chi connectivity index (χ1v) is 4.75. The highest BCUT2D eigenvalue weighted by Gasteiger charge is 2.41. The van der Waals surface area contributed by atoms with E-state index in [-0.39, 0.29) is 11.9 Å². The lowest BCUT2D eigenvalue weighted by molar-refractivity contribution is 0.0208. The molecule has 0 aromatic heterocycles. The summed E-state index contributed by atoms with van der Waals surface area (Å²) in [5.74, 6) is -0.228. The highest BCUT2D eigenvalue weighted by atomic mass is 19.1. The molecule has 0 atom stereocenters. The normalized spacial score (nSPS) is 31.3. The second kappa shape index (κ2) is 3.04. The zero-order valence-corrected chi connectivity index (χ0v) is 8.13. The average Bonchev–Trinajstić information content (AvgIpc) is 2.07. The molecule has 0 bridgehead atoms. The van der Waals surface area contributed by atoms with Gasteiger partial charge in [0.25, 0.3) is 0 Å². The van der Waals surface area contributed by atoms with Crippen molar-refractivity contribution in [3.8, 4) is 0 Å². The van der Waals surface area contributed by atoms with Gasteiger partial charge in [-0.15, -0.1) is 0 Å². The standard InChI is InChI=1S/C11H14FNO/c1-7-2-3-8(4-10(7)12)11(13)5-9(14)6-11/h2-4,9,14H,5-6,13H2,1H3. The minimum Gasteiger partial charge on any atom is -0.393 e. The van der Waals surface area contributed by atoms with Crippen LogP contribution in [-0.4, -0.2) is 11.2 Å². The second-order valence-electron chi connectivity index (χ2n) is 4.18. The molecule has 0 amide bonds. The van der Waals surface area contributed by atoms with Crippen LogP contribution in [0.25, 0.3) is 0 Å². The average molecular weight is 195 g/mol. The lowest BCUT2D eigenvalue weighted by atomic mass is 9.70. The first kappa shape index (κ1) is 9.62. The monoisotopic (exact) mass is 195 g/mol. The molecule has 1 aromatic carbocycles. The summed E-state index contributed by atoms with van der Waals surface area (Å²) < 4.78 is 13.2. The molecular formula is C11H14FNO. The van der Waals surface area contributed by atoms with Gasteiger partial charge in [-0.3, -0.25) is 0 Å². The van der Waals surface area contributed by atoms with Crippen LogP contribution in [0.2, 0.25) is 0 Å². The lowest BCUT2D eigenvalue weighted by Crippen LogP contribution is -2.51. The number of benzene rings is 1. The smallest absolute Gasteiger partial charge is 0.126 e. The molecule has 1 saturated carbocycles. The van der Waals surface area contributed by atoms with Crippen molar-refractivity contribution in [2.75, 3.05) is 0 Å². The summed E-state index contributed by atoms with van der Waals surface area (Å²) in [6.07, 6.45) is 0.717. The van der Waals surface area contributed by atoms with Gasteiger partial charge in [0, 0.05) is 5.54 Å². The molecule has 1 aliphatic rings. The Balaban J connectivity index is 2.29. The van der Waals surface area contributed by atoms with Crippen molar-refractivity contribution >= 4 is 0 Å². The van der Waals surface area contributed by atoms with Crippen molar-refractivity contribution in [2.45, 2.75) is 31.4 Å². The molecule has 1 fully saturated rings. The Hall–Kier alpha value is -0.930. The van der Waals surface area contributed by atoms with Gasteiger partial charge in [-0.05, 0) is 37.0 Å². The van der Waals surface area contributed by atoms with E-state index in [1.54, 1.807) is 13.0 Å². The van der Waals surface area contributed by atoms with E-state index < -0.39 is 5.54 Å². The van der Waals surface area contributed by atoms with Gasteiger partial charge < -0.3 is 10.8 Å². The number of hydrogen-bond acceptors (Lipinski definition) is 2. The topological polar surface area (TPSA) is 46.2 Å². The van der Waals surface area contributed by atoms with Crippen LogP contribution < -0.4 is 5.73 Å². The number of aliphatic hydroxyl groups excluding tert-OH is 1. The molecule has 1 aliphatic carbocycles. The van der Waals surface area contributed by atoms with Gasteiger partial charge in [0.05, 0.1) is 6.10 Å². The number of hydrogen-bond donors (Lipinski definition) is 2. The maximum atomic E-state index is 13.2. The van der Waals surface area contributed by atoms with Crippen molar-refractivity contribution in [3.63, 3.8) is 0 Å². The van der Waals surface area contributed by atoms with Crippen molar-refractivity contribution < 1.29 is 9.50 Å². The molecule has 0 radical (unpaired) electrons. The number of halogens is 1. The second-order valence-corrected chi connectivity index (χ2v) is 4.18. The number of aryl methyl sites for hydroxylation is 1.